The minimum atomic E-state index is -3.56. The maximum absolute atomic E-state index is 12.7. The van der Waals surface area contributed by atoms with Crippen LogP contribution in [-0.4, -0.2) is 24.8 Å². The van der Waals surface area contributed by atoms with Crippen LogP contribution in [0.3, 0.4) is 0 Å². The molecule has 3 aromatic rings. The van der Waals surface area contributed by atoms with E-state index in [2.05, 4.69) is 4.98 Å². The molecule has 0 aliphatic heterocycles. The van der Waals surface area contributed by atoms with Crippen LogP contribution in [0.2, 0.25) is 0 Å². The van der Waals surface area contributed by atoms with Crippen molar-refractivity contribution < 1.29 is 12.8 Å². The van der Waals surface area contributed by atoms with Crippen LogP contribution in [0.4, 0.5) is 0 Å². The lowest BCUT2D eigenvalue weighted by Crippen LogP contribution is -2.27. The molecule has 3 rings (SSSR count). The van der Waals surface area contributed by atoms with Crippen molar-refractivity contribution in [2.75, 3.05) is 7.05 Å². The summed E-state index contributed by atoms with van der Waals surface area (Å²) in [5.74, 6) is 1.16. The minimum absolute atomic E-state index is 0.164. The van der Waals surface area contributed by atoms with E-state index in [9.17, 15) is 8.42 Å². The topological polar surface area (TPSA) is 63.4 Å². The van der Waals surface area contributed by atoms with Gasteiger partial charge in [-0.05, 0) is 37.4 Å². The van der Waals surface area contributed by atoms with Crippen molar-refractivity contribution >= 4 is 21.4 Å². The van der Waals surface area contributed by atoms with E-state index in [0.29, 0.717) is 17.3 Å². The fourth-order valence-electron chi connectivity index (χ4n) is 2.27. The first-order valence-electron chi connectivity index (χ1n) is 7.41. The third kappa shape index (κ3) is 3.28. The lowest BCUT2D eigenvalue weighted by molar-refractivity contribution is 0.457. The molecule has 0 spiro atoms. The van der Waals surface area contributed by atoms with Crippen molar-refractivity contribution in [3.05, 3.63) is 58.8 Å². The van der Waals surface area contributed by atoms with E-state index in [1.807, 2.05) is 24.4 Å². The Kier molecular flexibility index (Phi) is 4.58. The number of hydrogen-bond donors (Lipinski definition) is 0. The summed E-state index contributed by atoms with van der Waals surface area (Å²) in [5.41, 5.74) is 1.64. The average Bonchev–Trinajstić information content (AvgIpc) is 3.18. The van der Waals surface area contributed by atoms with Crippen molar-refractivity contribution in [3.8, 4) is 10.8 Å². The van der Waals surface area contributed by atoms with Crippen molar-refractivity contribution in [1.82, 2.24) is 9.29 Å². The van der Waals surface area contributed by atoms with E-state index in [4.69, 9.17) is 4.42 Å². The van der Waals surface area contributed by atoms with Gasteiger partial charge in [0, 0.05) is 7.05 Å². The Morgan fingerprint density at radius 1 is 1.17 bits per heavy atom. The van der Waals surface area contributed by atoms with Crippen molar-refractivity contribution in [1.29, 1.82) is 0 Å². The number of oxazole rings is 1. The monoisotopic (exact) mass is 362 g/mol. The van der Waals surface area contributed by atoms with Crippen LogP contribution in [0, 0.1) is 13.8 Å². The molecule has 2 heterocycles. The van der Waals surface area contributed by atoms with Crippen molar-refractivity contribution in [2.45, 2.75) is 25.3 Å². The number of thiophene rings is 1. The molecule has 0 saturated carbocycles. The summed E-state index contributed by atoms with van der Waals surface area (Å²) in [6, 6.07) is 10.7. The molecule has 0 saturated heterocycles. The lowest BCUT2D eigenvalue weighted by atomic mass is 10.2. The normalized spacial score (nSPS) is 12.0. The summed E-state index contributed by atoms with van der Waals surface area (Å²) in [7, 11) is -2.01. The number of aromatic nitrogens is 1. The Balaban J connectivity index is 1.84. The van der Waals surface area contributed by atoms with E-state index in [1.54, 1.807) is 38.2 Å². The van der Waals surface area contributed by atoms with Gasteiger partial charge in [0.1, 0.15) is 5.76 Å². The first-order valence-corrected chi connectivity index (χ1v) is 9.73. The smallest absolute Gasteiger partial charge is 0.243 e. The molecule has 0 bridgehead atoms. The summed E-state index contributed by atoms with van der Waals surface area (Å²) in [5, 5.41) is 1.95. The fourth-order valence-corrected chi connectivity index (χ4v) is 4.05. The minimum Gasteiger partial charge on any atom is -0.440 e. The molecule has 0 fully saturated rings. The molecule has 0 unspecified atom stereocenters. The second-order valence-corrected chi connectivity index (χ2v) is 8.57. The zero-order valence-corrected chi connectivity index (χ0v) is 15.3. The van der Waals surface area contributed by atoms with Crippen LogP contribution in [0.25, 0.3) is 10.8 Å². The van der Waals surface area contributed by atoms with Gasteiger partial charge in [-0.1, -0.05) is 23.8 Å². The second kappa shape index (κ2) is 6.51. The van der Waals surface area contributed by atoms with Crippen LogP contribution >= 0.6 is 11.3 Å². The summed E-state index contributed by atoms with van der Waals surface area (Å²) in [6.07, 6.45) is 0. The van der Waals surface area contributed by atoms with Crippen LogP contribution < -0.4 is 0 Å². The summed E-state index contributed by atoms with van der Waals surface area (Å²) >= 11 is 1.53. The number of hydrogen-bond acceptors (Lipinski definition) is 5. The predicted molar refractivity (Wildman–Crippen MR) is 94.4 cm³/mol. The van der Waals surface area contributed by atoms with E-state index in [1.165, 1.54) is 15.6 Å². The average molecular weight is 362 g/mol. The number of rotatable bonds is 5. The van der Waals surface area contributed by atoms with E-state index in [-0.39, 0.29) is 11.4 Å². The fraction of sp³-hybridized carbons (Fsp3) is 0.235. The maximum Gasteiger partial charge on any atom is 0.243 e. The van der Waals surface area contributed by atoms with E-state index < -0.39 is 10.0 Å². The van der Waals surface area contributed by atoms with Crippen LogP contribution in [-0.2, 0) is 16.6 Å². The van der Waals surface area contributed by atoms with Gasteiger partial charge in [0.25, 0.3) is 0 Å². The first-order chi connectivity index (χ1) is 11.4. The van der Waals surface area contributed by atoms with Gasteiger partial charge in [-0.3, -0.25) is 0 Å². The Labute approximate surface area is 145 Å². The molecule has 1 aromatic carbocycles. The van der Waals surface area contributed by atoms with E-state index in [0.717, 1.165) is 10.4 Å². The molecule has 0 N–H and O–H groups in total. The van der Waals surface area contributed by atoms with Gasteiger partial charge in [-0.15, -0.1) is 11.3 Å². The molecule has 0 radical (unpaired) electrons. The van der Waals surface area contributed by atoms with Gasteiger partial charge in [-0.25, -0.2) is 13.4 Å². The van der Waals surface area contributed by atoms with Gasteiger partial charge in [0.05, 0.1) is 22.0 Å². The van der Waals surface area contributed by atoms with Gasteiger partial charge in [0.2, 0.25) is 15.9 Å². The Hall–Kier alpha value is -1.96. The molecule has 0 atom stereocenters. The molecule has 2 aromatic heterocycles. The Bertz CT molecular complexity index is 927. The van der Waals surface area contributed by atoms with E-state index >= 15 is 0 Å². The highest BCUT2D eigenvalue weighted by molar-refractivity contribution is 7.89. The van der Waals surface area contributed by atoms with Gasteiger partial charge >= 0.3 is 0 Å². The molecule has 126 valence electrons. The van der Waals surface area contributed by atoms with Crippen LogP contribution in [0.15, 0.2) is 51.1 Å². The third-order valence-electron chi connectivity index (χ3n) is 3.73. The zero-order valence-electron chi connectivity index (χ0n) is 13.7. The van der Waals surface area contributed by atoms with Gasteiger partial charge in [-0.2, -0.15) is 4.31 Å². The predicted octanol–water partition coefficient (Wildman–Crippen LogP) is 3.84. The molecule has 5 nitrogen and oxygen atoms in total. The molecule has 24 heavy (non-hydrogen) atoms. The summed E-state index contributed by atoms with van der Waals surface area (Å²) in [4.78, 5) is 5.65. The highest BCUT2D eigenvalue weighted by Gasteiger charge is 2.23. The highest BCUT2D eigenvalue weighted by atomic mass is 32.2. The lowest BCUT2D eigenvalue weighted by Gasteiger charge is -2.16. The number of benzene rings is 1. The second-order valence-electron chi connectivity index (χ2n) is 5.57. The zero-order chi connectivity index (χ0) is 17.3. The molecule has 0 amide bonds. The molecular formula is C17H18N2O3S2. The van der Waals surface area contributed by atoms with Crippen LogP contribution in [0.5, 0.6) is 0 Å². The molecule has 7 heteroatoms. The maximum atomic E-state index is 12.7. The third-order valence-corrected chi connectivity index (χ3v) is 6.40. The number of sulfonamides is 1. The van der Waals surface area contributed by atoms with Gasteiger partial charge < -0.3 is 4.42 Å². The molecular weight excluding hydrogens is 344 g/mol. The molecule has 0 aliphatic rings. The SMILES string of the molecule is Cc1ccc(S(=O)(=O)N(C)Cc2nc(-c3cccs3)oc2C)cc1. The number of nitrogens with zero attached hydrogens (tertiary/aromatic N) is 2. The Morgan fingerprint density at radius 3 is 2.50 bits per heavy atom. The van der Waals surface area contributed by atoms with Crippen molar-refractivity contribution in [3.63, 3.8) is 0 Å². The largest absolute Gasteiger partial charge is 0.440 e. The molecule has 0 aliphatic carbocycles. The van der Waals surface area contributed by atoms with Crippen molar-refractivity contribution in [2.24, 2.45) is 0 Å². The summed E-state index contributed by atoms with van der Waals surface area (Å²) in [6.45, 7) is 3.88. The quantitative estimate of drug-likeness (QED) is 0.692. The van der Waals surface area contributed by atoms with Gasteiger partial charge in [0.15, 0.2) is 0 Å². The highest BCUT2D eigenvalue weighted by Crippen LogP contribution is 2.27. The first kappa shape index (κ1) is 16.9. The number of aryl methyl sites for hydroxylation is 2. The Morgan fingerprint density at radius 2 is 1.88 bits per heavy atom. The van der Waals surface area contributed by atoms with Crippen LogP contribution in [0.1, 0.15) is 17.0 Å². The standard InChI is InChI=1S/C17H18N2O3S2/c1-12-6-8-14(9-7-12)24(20,21)19(3)11-15-13(2)22-17(18-15)16-5-4-10-23-16/h4-10H,11H2,1-3H3. The summed E-state index contributed by atoms with van der Waals surface area (Å²) < 4.78 is 32.3.